The van der Waals surface area contributed by atoms with Crippen LogP contribution >= 0.6 is 11.8 Å². The van der Waals surface area contributed by atoms with Gasteiger partial charge in [-0.1, -0.05) is 42.8 Å². The van der Waals surface area contributed by atoms with E-state index in [-0.39, 0.29) is 23.7 Å². The highest BCUT2D eigenvalue weighted by Crippen LogP contribution is 2.39. The van der Waals surface area contributed by atoms with Gasteiger partial charge in [0.2, 0.25) is 0 Å². The molecule has 4 rings (SSSR count). The number of hydrogen-bond donors (Lipinski definition) is 2. The molecule has 4 nitrogen and oxygen atoms in total. The number of carbonyl (C=O) groups is 2. The summed E-state index contributed by atoms with van der Waals surface area (Å²) in [5.41, 5.74) is 1.50. The molecule has 0 unspecified atom stereocenters. The van der Waals surface area contributed by atoms with E-state index in [0.717, 1.165) is 30.6 Å². The SMILES string of the molecule is O=C1Nc2cc(C(=O)NC3CCCC3)ccc2S/C1=C/c1ccccc1F. The van der Waals surface area contributed by atoms with Gasteiger partial charge in [0, 0.05) is 22.1 Å². The molecule has 0 saturated heterocycles. The number of benzene rings is 2. The van der Waals surface area contributed by atoms with Crippen LogP contribution in [0.2, 0.25) is 0 Å². The molecule has 0 atom stereocenters. The molecule has 1 aliphatic heterocycles. The summed E-state index contributed by atoms with van der Waals surface area (Å²) in [7, 11) is 0. The zero-order chi connectivity index (χ0) is 18.8. The van der Waals surface area contributed by atoms with Crippen molar-refractivity contribution in [3.05, 3.63) is 64.3 Å². The molecule has 2 aliphatic rings. The molecule has 2 aromatic rings. The number of amides is 2. The molecule has 27 heavy (non-hydrogen) atoms. The zero-order valence-electron chi connectivity index (χ0n) is 14.6. The minimum atomic E-state index is -0.372. The van der Waals surface area contributed by atoms with Gasteiger partial charge in [-0.2, -0.15) is 0 Å². The fourth-order valence-electron chi connectivity index (χ4n) is 3.37. The van der Waals surface area contributed by atoms with E-state index in [0.29, 0.717) is 21.7 Å². The van der Waals surface area contributed by atoms with E-state index in [2.05, 4.69) is 10.6 Å². The summed E-state index contributed by atoms with van der Waals surface area (Å²) in [6.45, 7) is 0. The Balaban J connectivity index is 1.54. The maximum Gasteiger partial charge on any atom is 0.262 e. The second-order valence-electron chi connectivity index (χ2n) is 6.75. The van der Waals surface area contributed by atoms with Crippen molar-refractivity contribution in [3.8, 4) is 0 Å². The number of rotatable bonds is 3. The number of carbonyl (C=O) groups excluding carboxylic acids is 2. The normalized spacial score (nSPS) is 18.3. The third-order valence-corrected chi connectivity index (χ3v) is 5.91. The van der Waals surface area contributed by atoms with E-state index in [1.807, 2.05) is 6.07 Å². The van der Waals surface area contributed by atoms with Crippen molar-refractivity contribution >= 4 is 35.3 Å². The minimum absolute atomic E-state index is 0.114. The van der Waals surface area contributed by atoms with Gasteiger partial charge >= 0.3 is 0 Å². The predicted molar refractivity (Wildman–Crippen MR) is 105 cm³/mol. The summed E-state index contributed by atoms with van der Waals surface area (Å²) < 4.78 is 13.8. The van der Waals surface area contributed by atoms with Crippen molar-refractivity contribution < 1.29 is 14.0 Å². The van der Waals surface area contributed by atoms with Gasteiger partial charge < -0.3 is 10.6 Å². The lowest BCUT2D eigenvalue weighted by atomic mass is 10.1. The van der Waals surface area contributed by atoms with Gasteiger partial charge in [-0.3, -0.25) is 9.59 Å². The van der Waals surface area contributed by atoms with E-state index in [1.54, 1.807) is 36.4 Å². The number of hydrogen-bond acceptors (Lipinski definition) is 3. The summed E-state index contributed by atoms with van der Waals surface area (Å²) >= 11 is 1.27. The van der Waals surface area contributed by atoms with Gasteiger partial charge in [0.1, 0.15) is 5.82 Å². The van der Waals surface area contributed by atoms with Crippen molar-refractivity contribution in [1.82, 2.24) is 5.32 Å². The van der Waals surface area contributed by atoms with Crippen molar-refractivity contribution in [1.29, 1.82) is 0 Å². The van der Waals surface area contributed by atoms with Gasteiger partial charge in [0.05, 0.1) is 10.6 Å². The first-order valence-electron chi connectivity index (χ1n) is 9.00. The molecule has 0 radical (unpaired) electrons. The standard InChI is InChI=1S/C21H19FN2O2S/c22-16-8-4-1-5-13(16)12-19-21(26)24-17-11-14(9-10-18(17)27-19)20(25)23-15-6-2-3-7-15/h1,4-5,8-12,15H,2-3,6-7H2,(H,23,25)(H,24,26)/b19-12+. The number of nitrogens with one attached hydrogen (secondary N) is 2. The van der Waals surface area contributed by atoms with Gasteiger partial charge in [0.15, 0.2) is 0 Å². The van der Waals surface area contributed by atoms with Crippen LogP contribution in [0.3, 0.4) is 0 Å². The summed E-state index contributed by atoms with van der Waals surface area (Å²) in [5.74, 6) is -0.788. The molecular weight excluding hydrogens is 363 g/mol. The Morgan fingerprint density at radius 1 is 1.19 bits per heavy atom. The molecular formula is C21H19FN2O2S. The van der Waals surface area contributed by atoms with Gasteiger partial charge in [0.25, 0.3) is 11.8 Å². The lowest BCUT2D eigenvalue weighted by Gasteiger charge is -2.20. The van der Waals surface area contributed by atoms with Crippen LogP contribution in [0.4, 0.5) is 10.1 Å². The average Bonchev–Trinajstić information content (AvgIpc) is 3.16. The molecule has 2 N–H and O–H groups in total. The Hall–Kier alpha value is -2.60. The Bertz CT molecular complexity index is 936. The highest BCUT2D eigenvalue weighted by atomic mass is 32.2. The Morgan fingerprint density at radius 3 is 2.74 bits per heavy atom. The van der Waals surface area contributed by atoms with Gasteiger partial charge in [-0.15, -0.1) is 0 Å². The first kappa shape index (κ1) is 17.8. The number of fused-ring (bicyclic) bond motifs is 1. The first-order valence-corrected chi connectivity index (χ1v) is 9.82. The van der Waals surface area contributed by atoms with Crippen molar-refractivity contribution in [2.45, 2.75) is 36.6 Å². The third kappa shape index (κ3) is 3.90. The third-order valence-electron chi connectivity index (χ3n) is 4.82. The quantitative estimate of drug-likeness (QED) is 0.764. The fourth-order valence-corrected chi connectivity index (χ4v) is 4.30. The molecule has 2 aromatic carbocycles. The Morgan fingerprint density at radius 2 is 1.96 bits per heavy atom. The highest BCUT2D eigenvalue weighted by Gasteiger charge is 2.23. The maximum absolute atomic E-state index is 13.8. The molecule has 1 saturated carbocycles. The van der Waals surface area contributed by atoms with Crippen molar-refractivity contribution in [2.75, 3.05) is 5.32 Å². The second kappa shape index (κ2) is 7.56. The van der Waals surface area contributed by atoms with E-state index in [4.69, 9.17) is 0 Å². The van der Waals surface area contributed by atoms with E-state index >= 15 is 0 Å². The molecule has 0 bridgehead atoms. The average molecular weight is 382 g/mol. The molecule has 1 aliphatic carbocycles. The van der Waals surface area contributed by atoms with E-state index < -0.39 is 0 Å². The molecule has 1 heterocycles. The molecule has 6 heteroatoms. The van der Waals surface area contributed by atoms with Crippen LogP contribution in [0.1, 0.15) is 41.6 Å². The van der Waals surface area contributed by atoms with Crippen LogP contribution in [-0.2, 0) is 4.79 Å². The lowest BCUT2D eigenvalue weighted by Crippen LogP contribution is -2.32. The fraction of sp³-hybridized carbons (Fsp3) is 0.238. The Kier molecular flexibility index (Phi) is 4.99. The molecule has 1 fully saturated rings. The lowest BCUT2D eigenvalue weighted by molar-refractivity contribution is -0.112. The minimum Gasteiger partial charge on any atom is -0.349 e. The molecule has 0 aromatic heterocycles. The molecule has 138 valence electrons. The van der Waals surface area contributed by atoms with E-state index in [9.17, 15) is 14.0 Å². The summed E-state index contributed by atoms with van der Waals surface area (Å²) in [4.78, 5) is 26.1. The first-order chi connectivity index (χ1) is 13.1. The van der Waals surface area contributed by atoms with Crippen LogP contribution < -0.4 is 10.6 Å². The summed E-state index contributed by atoms with van der Waals surface area (Å²) in [6.07, 6.45) is 5.89. The van der Waals surface area contributed by atoms with Gasteiger partial charge in [-0.05, 0) is 43.2 Å². The van der Waals surface area contributed by atoms with Crippen LogP contribution in [0, 0.1) is 5.82 Å². The zero-order valence-corrected chi connectivity index (χ0v) is 15.4. The second-order valence-corrected chi connectivity index (χ2v) is 7.84. The topological polar surface area (TPSA) is 58.2 Å². The molecule has 2 amide bonds. The van der Waals surface area contributed by atoms with Crippen LogP contribution in [-0.4, -0.2) is 17.9 Å². The van der Waals surface area contributed by atoms with Crippen LogP contribution in [0.5, 0.6) is 0 Å². The number of anilines is 1. The Labute approximate surface area is 161 Å². The predicted octanol–water partition coefficient (Wildman–Crippen LogP) is 4.58. The van der Waals surface area contributed by atoms with Crippen LogP contribution in [0.15, 0.2) is 52.3 Å². The van der Waals surface area contributed by atoms with Crippen molar-refractivity contribution in [2.24, 2.45) is 0 Å². The van der Waals surface area contributed by atoms with E-state index in [1.165, 1.54) is 17.8 Å². The largest absolute Gasteiger partial charge is 0.349 e. The van der Waals surface area contributed by atoms with Gasteiger partial charge in [-0.25, -0.2) is 4.39 Å². The summed E-state index contributed by atoms with van der Waals surface area (Å²) in [5, 5.41) is 5.86. The smallest absolute Gasteiger partial charge is 0.262 e. The van der Waals surface area contributed by atoms with Crippen LogP contribution in [0.25, 0.3) is 6.08 Å². The number of thioether (sulfide) groups is 1. The monoisotopic (exact) mass is 382 g/mol. The number of halogens is 1. The molecule has 0 spiro atoms. The maximum atomic E-state index is 13.8. The summed E-state index contributed by atoms with van der Waals surface area (Å²) in [6, 6.07) is 11.8. The highest BCUT2D eigenvalue weighted by molar-refractivity contribution is 8.04. The van der Waals surface area contributed by atoms with Crippen molar-refractivity contribution in [3.63, 3.8) is 0 Å².